The minimum absolute atomic E-state index is 0.0154. The number of rotatable bonds is 3. The molecule has 1 aromatic rings. The Balaban J connectivity index is 2.90. The molecule has 0 aliphatic rings. The van der Waals surface area contributed by atoms with E-state index in [1.807, 2.05) is 4.72 Å². The van der Waals surface area contributed by atoms with Crippen LogP contribution in [0.2, 0.25) is 0 Å². The summed E-state index contributed by atoms with van der Waals surface area (Å²) in [6.45, 7) is 0. The van der Waals surface area contributed by atoms with Crippen molar-refractivity contribution in [2.45, 2.75) is 0 Å². The zero-order valence-electron chi connectivity index (χ0n) is 8.73. The number of anilines is 2. The topological polar surface area (TPSA) is 111 Å². The molecule has 0 fully saturated rings. The quantitative estimate of drug-likeness (QED) is 0.684. The van der Waals surface area contributed by atoms with E-state index in [4.69, 9.17) is 5.73 Å². The van der Waals surface area contributed by atoms with Crippen molar-refractivity contribution in [3.05, 3.63) is 24.0 Å². The molecule has 0 aliphatic heterocycles. The van der Waals surface area contributed by atoms with Gasteiger partial charge >= 0.3 is 16.3 Å². The number of benzene rings is 1. The molecule has 0 atom stereocenters. The van der Waals surface area contributed by atoms with Crippen LogP contribution in [0.25, 0.3) is 0 Å². The Morgan fingerprint density at radius 1 is 1.47 bits per heavy atom. The Morgan fingerprint density at radius 3 is 2.71 bits per heavy atom. The van der Waals surface area contributed by atoms with Crippen LogP contribution >= 0.6 is 0 Å². The molecular formula is C8H10FN3O4S. The second-order valence-electron chi connectivity index (χ2n) is 2.93. The van der Waals surface area contributed by atoms with Crippen molar-refractivity contribution < 1.29 is 22.3 Å². The number of methoxy groups -OCH3 is 1. The minimum Gasteiger partial charge on any atom is -0.452 e. The highest BCUT2D eigenvalue weighted by Crippen LogP contribution is 2.19. The van der Waals surface area contributed by atoms with Crippen LogP contribution < -0.4 is 15.2 Å². The summed E-state index contributed by atoms with van der Waals surface area (Å²) in [4.78, 5) is 10.7. The highest BCUT2D eigenvalue weighted by molar-refractivity contribution is 7.91. The van der Waals surface area contributed by atoms with Gasteiger partial charge in [-0.3, -0.25) is 4.72 Å². The van der Waals surface area contributed by atoms with Crippen LogP contribution in [0.1, 0.15) is 0 Å². The second-order valence-corrected chi connectivity index (χ2v) is 4.35. The molecule has 94 valence electrons. The lowest BCUT2D eigenvalue weighted by molar-refractivity contribution is 0.177. The third-order valence-electron chi connectivity index (χ3n) is 1.66. The fourth-order valence-corrected chi connectivity index (χ4v) is 1.76. The Hall–Kier alpha value is -2.03. The summed E-state index contributed by atoms with van der Waals surface area (Å²) in [5.41, 5.74) is 5.26. The average Bonchev–Trinajstić information content (AvgIpc) is 2.22. The largest absolute Gasteiger partial charge is 0.452 e. The molecule has 0 aromatic heterocycles. The Bertz CT molecular complexity index is 532. The van der Waals surface area contributed by atoms with E-state index >= 15 is 0 Å². The highest BCUT2D eigenvalue weighted by Gasteiger charge is 2.15. The summed E-state index contributed by atoms with van der Waals surface area (Å²) in [5.74, 6) is -0.671. The highest BCUT2D eigenvalue weighted by atomic mass is 32.2. The van der Waals surface area contributed by atoms with Gasteiger partial charge in [0.05, 0.1) is 18.5 Å². The molecule has 0 unspecified atom stereocenters. The molecule has 1 amide bonds. The van der Waals surface area contributed by atoms with Gasteiger partial charge in [0.1, 0.15) is 5.82 Å². The number of nitrogens with one attached hydrogen (secondary N) is 2. The van der Waals surface area contributed by atoms with Crippen LogP contribution in [0.4, 0.5) is 20.6 Å². The maximum atomic E-state index is 12.8. The van der Waals surface area contributed by atoms with Crippen LogP contribution in [0.15, 0.2) is 18.2 Å². The van der Waals surface area contributed by atoms with E-state index in [0.29, 0.717) is 0 Å². The molecule has 0 spiro atoms. The molecule has 0 bridgehead atoms. The number of nitrogen functional groups attached to an aromatic ring is 1. The van der Waals surface area contributed by atoms with Gasteiger partial charge in [-0.25, -0.2) is 13.9 Å². The number of amides is 1. The van der Waals surface area contributed by atoms with Gasteiger partial charge in [0, 0.05) is 6.07 Å². The standard InChI is InChI=1S/C8H10FN3O4S/c1-16-8(13)12-17(14,15)11-7-4-5(9)2-3-6(7)10/h2-4,11H,10H2,1H3,(H,12,13). The summed E-state index contributed by atoms with van der Waals surface area (Å²) in [6, 6.07) is 3.14. The van der Waals surface area contributed by atoms with Gasteiger partial charge in [0.2, 0.25) is 0 Å². The van der Waals surface area contributed by atoms with Crippen molar-refractivity contribution in [3.63, 3.8) is 0 Å². The monoisotopic (exact) mass is 263 g/mol. The SMILES string of the molecule is COC(=O)NS(=O)(=O)Nc1cc(F)ccc1N. The number of carbonyl (C=O) groups excluding carboxylic acids is 1. The number of halogens is 1. The number of carbonyl (C=O) groups is 1. The van der Waals surface area contributed by atoms with E-state index in [2.05, 4.69) is 4.74 Å². The van der Waals surface area contributed by atoms with Crippen LogP contribution in [0.3, 0.4) is 0 Å². The van der Waals surface area contributed by atoms with Gasteiger partial charge in [0.25, 0.3) is 0 Å². The fourth-order valence-electron chi connectivity index (χ4n) is 0.939. The molecule has 7 nitrogen and oxygen atoms in total. The third-order valence-corrected chi connectivity index (χ3v) is 2.59. The predicted octanol–water partition coefficient (Wildman–Crippen LogP) is 0.421. The molecule has 9 heteroatoms. The molecule has 0 saturated carbocycles. The smallest absolute Gasteiger partial charge is 0.422 e. The Morgan fingerprint density at radius 2 is 2.12 bits per heavy atom. The van der Waals surface area contributed by atoms with Gasteiger partial charge in [-0.15, -0.1) is 0 Å². The minimum atomic E-state index is -4.21. The van der Waals surface area contributed by atoms with Crippen LogP contribution in [-0.4, -0.2) is 21.6 Å². The molecule has 4 N–H and O–H groups in total. The zero-order chi connectivity index (χ0) is 13.1. The molecule has 1 aromatic carbocycles. The fraction of sp³-hybridized carbons (Fsp3) is 0.125. The Labute approximate surface area is 96.9 Å². The van der Waals surface area contributed by atoms with E-state index in [1.54, 1.807) is 0 Å². The Kier molecular flexibility index (Phi) is 3.73. The number of nitrogens with two attached hydrogens (primary N) is 1. The predicted molar refractivity (Wildman–Crippen MR) is 58.9 cm³/mol. The molecule has 1 rings (SSSR count). The van der Waals surface area contributed by atoms with Gasteiger partial charge < -0.3 is 10.5 Å². The van der Waals surface area contributed by atoms with E-state index in [9.17, 15) is 17.6 Å². The average molecular weight is 263 g/mol. The maximum Gasteiger partial charge on any atom is 0.422 e. The van der Waals surface area contributed by atoms with E-state index < -0.39 is 22.1 Å². The summed E-state index contributed by atoms with van der Waals surface area (Å²) in [7, 11) is -3.21. The first-order chi connectivity index (χ1) is 7.84. The maximum absolute atomic E-state index is 12.8. The van der Waals surface area contributed by atoms with Gasteiger partial charge in [-0.05, 0) is 12.1 Å². The summed E-state index contributed by atoms with van der Waals surface area (Å²) >= 11 is 0. The molecule has 0 radical (unpaired) electrons. The van der Waals surface area contributed by atoms with Crippen molar-refractivity contribution in [2.24, 2.45) is 0 Å². The lowest BCUT2D eigenvalue weighted by Gasteiger charge is -2.10. The number of hydrogen-bond acceptors (Lipinski definition) is 5. The van der Waals surface area contributed by atoms with Gasteiger partial charge in [-0.1, -0.05) is 0 Å². The van der Waals surface area contributed by atoms with Crippen molar-refractivity contribution >= 4 is 27.7 Å². The van der Waals surface area contributed by atoms with Crippen molar-refractivity contribution in [3.8, 4) is 0 Å². The lowest BCUT2D eigenvalue weighted by atomic mass is 10.3. The summed E-state index contributed by atoms with van der Waals surface area (Å²) < 4.78 is 43.0. The first-order valence-electron chi connectivity index (χ1n) is 4.27. The van der Waals surface area contributed by atoms with Gasteiger partial charge in [0.15, 0.2) is 0 Å². The first-order valence-corrected chi connectivity index (χ1v) is 5.76. The van der Waals surface area contributed by atoms with Crippen LogP contribution in [-0.2, 0) is 14.9 Å². The zero-order valence-corrected chi connectivity index (χ0v) is 9.55. The number of hydrogen-bond donors (Lipinski definition) is 3. The van der Waals surface area contributed by atoms with Crippen molar-refractivity contribution in [2.75, 3.05) is 17.6 Å². The molecule has 0 saturated heterocycles. The van der Waals surface area contributed by atoms with Crippen molar-refractivity contribution in [1.82, 2.24) is 4.72 Å². The molecule has 17 heavy (non-hydrogen) atoms. The number of ether oxygens (including phenoxy) is 1. The lowest BCUT2D eigenvalue weighted by Crippen LogP contribution is -2.35. The van der Waals surface area contributed by atoms with Crippen molar-refractivity contribution in [1.29, 1.82) is 0 Å². The van der Waals surface area contributed by atoms with E-state index in [-0.39, 0.29) is 11.4 Å². The second kappa shape index (κ2) is 4.87. The van der Waals surface area contributed by atoms with Crippen LogP contribution in [0.5, 0.6) is 0 Å². The molecule has 0 heterocycles. The van der Waals surface area contributed by atoms with Crippen LogP contribution in [0, 0.1) is 5.82 Å². The van der Waals surface area contributed by atoms with E-state index in [0.717, 1.165) is 19.2 Å². The normalized spacial score (nSPS) is 10.7. The summed E-state index contributed by atoms with van der Waals surface area (Å²) in [5, 5.41) is 0. The van der Waals surface area contributed by atoms with Gasteiger partial charge in [-0.2, -0.15) is 8.42 Å². The third kappa shape index (κ3) is 3.79. The summed E-state index contributed by atoms with van der Waals surface area (Å²) in [6.07, 6.45) is -1.17. The van der Waals surface area contributed by atoms with E-state index in [1.165, 1.54) is 10.8 Å². The molecular weight excluding hydrogens is 253 g/mol. The first kappa shape index (κ1) is 13.0. The molecule has 0 aliphatic carbocycles.